The number of carbonyl (C=O) groups excluding carboxylic acids is 1. The van der Waals surface area contributed by atoms with Crippen molar-refractivity contribution in [1.29, 1.82) is 5.26 Å². The van der Waals surface area contributed by atoms with E-state index in [1.807, 2.05) is 71.0 Å². The molecule has 0 amide bonds. The molecule has 2 aromatic carbocycles. The Bertz CT molecular complexity index is 1730. The number of nitriles is 1. The lowest BCUT2D eigenvalue weighted by Crippen LogP contribution is -2.36. The van der Waals surface area contributed by atoms with Gasteiger partial charge in [-0.2, -0.15) is 15.5 Å². The molecule has 0 spiro atoms. The predicted molar refractivity (Wildman–Crippen MR) is 186 cm³/mol. The summed E-state index contributed by atoms with van der Waals surface area (Å²) < 4.78 is 27.9. The number of azo groups is 1. The van der Waals surface area contributed by atoms with Crippen LogP contribution in [0.1, 0.15) is 62.7 Å². The van der Waals surface area contributed by atoms with E-state index >= 15 is 0 Å². The summed E-state index contributed by atoms with van der Waals surface area (Å²) in [5.74, 6) is -0.592. The van der Waals surface area contributed by atoms with Crippen LogP contribution < -0.4 is 16.1 Å². The summed E-state index contributed by atoms with van der Waals surface area (Å²) in [4.78, 5) is 42.4. The highest BCUT2D eigenvalue weighted by Crippen LogP contribution is 2.47. The second-order valence-corrected chi connectivity index (χ2v) is 13.7. The molecule has 1 saturated heterocycles. The zero-order chi connectivity index (χ0) is 35.7. The standard InChI is InChI=1S/C34H44N7O7P/c1-22(2)41(23(3)4)49(45-18-8-17-35)46-21-30-29(19-31(47-30)40-20-24(5)32(42)36-34(40)44)48-33(43)25-9-11-26(12-10-25)37-38-27-13-15-28(16-14-27)39(6)7/h9-16,20,22-23,29-31H,8,18-19,21H2,1-7H3,(H,36,42,44)/t29-,30+,31+,49?/m0/s1. The number of benzene rings is 2. The number of ether oxygens (including phenoxy) is 2. The van der Waals surface area contributed by atoms with Gasteiger partial charge in [-0.1, -0.05) is 0 Å². The number of anilines is 1. The molecule has 1 aliphatic rings. The molecule has 49 heavy (non-hydrogen) atoms. The second-order valence-electron chi connectivity index (χ2n) is 12.3. The number of hydrogen-bond donors (Lipinski definition) is 1. The molecule has 1 fully saturated rings. The summed E-state index contributed by atoms with van der Waals surface area (Å²) >= 11 is 0. The first-order valence-corrected chi connectivity index (χ1v) is 17.2. The monoisotopic (exact) mass is 693 g/mol. The Balaban J connectivity index is 1.51. The lowest BCUT2D eigenvalue weighted by atomic mass is 10.1. The van der Waals surface area contributed by atoms with E-state index in [0.29, 0.717) is 22.5 Å². The molecule has 1 N–H and O–H groups in total. The summed E-state index contributed by atoms with van der Waals surface area (Å²) in [5, 5.41) is 17.6. The molecule has 0 bridgehead atoms. The number of nitrogens with one attached hydrogen (secondary N) is 1. The van der Waals surface area contributed by atoms with Crippen LogP contribution in [0.3, 0.4) is 0 Å². The van der Waals surface area contributed by atoms with Gasteiger partial charge in [0.15, 0.2) is 0 Å². The zero-order valence-corrected chi connectivity index (χ0v) is 29.8. The Hall–Kier alpha value is -4.25. The Morgan fingerprint density at radius 2 is 1.65 bits per heavy atom. The lowest BCUT2D eigenvalue weighted by molar-refractivity contribution is -0.0497. The van der Waals surface area contributed by atoms with E-state index in [1.54, 1.807) is 31.2 Å². The molecule has 14 nitrogen and oxygen atoms in total. The number of nitrogens with zero attached hydrogens (tertiary/aromatic N) is 6. The first-order chi connectivity index (χ1) is 23.4. The summed E-state index contributed by atoms with van der Waals surface area (Å²) in [6.07, 6.45) is -0.646. The Labute approximate surface area is 287 Å². The number of aryl methyl sites for hydroxylation is 1. The third-order valence-electron chi connectivity index (χ3n) is 7.66. The van der Waals surface area contributed by atoms with E-state index in [2.05, 4.69) is 26.0 Å². The number of carbonyl (C=O) groups is 1. The number of H-pyrrole nitrogens is 1. The van der Waals surface area contributed by atoms with Gasteiger partial charge < -0.3 is 23.4 Å². The molecule has 3 aromatic rings. The van der Waals surface area contributed by atoms with Gasteiger partial charge in [-0.15, -0.1) is 0 Å². The molecule has 2 heterocycles. The van der Waals surface area contributed by atoms with Gasteiger partial charge in [-0.25, -0.2) is 14.3 Å². The molecule has 0 radical (unpaired) electrons. The average molecular weight is 694 g/mol. The van der Waals surface area contributed by atoms with Crippen molar-refractivity contribution in [3.05, 3.63) is 86.7 Å². The number of aromatic amines is 1. The minimum absolute atomic E-state index is 0.0193. The fourth-order valence-corrected chi connectivity index (χ4v) is 6.82. The van der Waals surface area contributed by atoms with Crippen LogP contribution in [0.4, 0.5) is 17.1 Å². The van der Waals surface area contributed by atoms with E-state index in [0.717, 1.165) is 5.69 Å². The maximum Gasteiger partial charge on any atom is 0.338 e. The van der Waals surface area contributed by atoms with E-state index in [-0.39, 0.29) is 38.1 Å². The molecule has 1 aromatic heterocycles. The minimum Gasteiger partial charge on any atom is -0.456 e. The average Bonchev–Trinajstić information content (AvgIpc) is 3.46. The zero-order valence-electron chi connectivity index (χ0n) is 28.9. The van der Waals surface area contributed by atoms with Gasteiger partial charge in [-0.3, -0.25) is 14.3 Å². The predicted octanol–water partition coefficient (Wildman–Crippen LogP) is 6.13. The summed E-state index contributed by atoms with van der Waals surface area (Å²) in [6, 6.07) is 16.4. The van der Waals surface area contributed by atoms with Crippen LogP contribution >= 0.6 is 8.53 Å². The molecule has 4 atom stereocenters. The molecular weight excluding hydrogens is 649 g/mol. The van der Waals surface area contributed by atoms with Crippen molar-refractivity contribution in [2.24, 2.45) is 10.2 Å². The largest absolute Gasteiger partial charge is 0.456 e. The lowest BCUT2D eigenvalue weighted by Gasteiger charge is -2.36. The topological polar surface area (TPSA) is 164 Å². The Morgan fingerprint density at radius 1 is 1.04 bits per heavy atom. The van der Waals surface area contributed by atoms with Crippen molar-refractivity contribution in [1.82, 2.24) is 14.2 Å². The smallest absolute Gasteiger partial charge is 0.338 e. The minimum atomic E-state index is -1.60. The van der Waals surface area contributed by atoms with E-state index in [4.69, 9.17) is 23.8 Å². The maximum atomic E-state index is 13.4. The van der Waals surface area contributed by atoms with Crippen LogP contribution in [0.25, 0.3) is 0 Å². The fourth-order valence-electron chi connectivity index (χ4n) is 5.20. The van der Waals surface area contributed by atoms with Crippen molar-refractivity contribution in [2.75, 3.05) is 32.2 Å². The van der Waals surface area contributed by atoms with Gasteiger partial charge in [0.05, 0.1) is 42.6 Å². The van der Waals surface area contributed by atoms with Crippen LogP contribution in [0.2, 0.25) is 0 Å². The summed E-state index contributed by atoms with van der Waals surface area (Å²) in [6.45, 7) is 9.87. The molecular formula is C34H44N7O7P. The molecule has 262 valence electrons. The number of aromatic nitrogens is 2. The van der Waals surface area contributed by atoms with Gasteiger partial charge in [-0.05, 0) is 83.1 Å². The first-order valence-electron chi connectivity index (χ1n) is 16.1. The molecule has 0 saturated carbocycles. The van der Waals surface area contributed by atoms with Gasteiger partial charge in [0.25, 0.3) is 14.1 Å². The van der Waals surface area contributed by atoms with Crippen molar-refractivity contribution in [3.63, 3.8) is 0 Å². The molecule has 15 heteroatoms. The van der Waals surface area contributed by atoms with Crippen molar-refractivity contribution < 1.29 is 23.3 Å². The van der Waals surface area contributed by atoms with Crippen LogP contribution in [0.5, 0.6) is 0 Å². The fraction of sp³-hybridized carbons (Fsp3) is 0.471. The number of rotatable bonds is 15. The Kier molecular flexibility index (Phi) is 13.4. The van der Waals surface area contributed by atoms with Gasteiger partial charge in [0.2, 0.25) is 0 Å². The first kappa shape index (κ1) is 37.6. The summed E-state index contributed by atoms with van der Waals surface area (Å²) in [5.41, 5.74) is 1.79. The van der Waals surface area contributed by atoms with Crippen LogP contribution in [-0.4, -0.2) is 71.8 Å². The SMILES string of the molecule is Cc1cn([C@H]2C[C@H](OC(=O)c3ccc(N=Nc4ccc(N(C)C)cc4)cc3)[C@@H](COP(OCCC#N)N(C(C)C)C(C)C)O2)c(=O)[nH]c1=O. The van der Waals surface area contributed by atoms with Crippen LogP contribution in [0.15, 0.2) is 74.5 Å². The van der Waals surface area contributed by atoms with Crippen molar-refractivity contribution in [2.45, 2.75) is 78.0 Å². The van der Waals surface area contributed by atoms with Gasteiger partial charge >= 0.3 is 11.7 Å². The van der Waals surface area contributed by atoms with E-state index in [9.17, 15) is 14.4 Å². The molecule has 1 aliphatic heterocycles. The molecule has 1 unspecified atom stereocenters. The van der Waals surface area contributed by atoms with Crippen molar-refractivity contribution >= 4 is 31.6 Å². The highest BCUT2D eigenvalue weighted by atomic mass is 31.2. The molecule has 4 rings (SSSR count). The summed E-state index contributed by atoms with van der Waals surface area (Å²) in [7, 11) is 2.32. The van der Waals surface area contributed by atoms with Gasteiger partial charge in [0, 0.05) is 50.0 Å². The van der Waals surface area contributed by atoms with E-state index < -0.39 is 44.2 Å². The third-order valence-corrected chi connectivity index (χ3v) is 9.73. The van der Waals surface area contributed by atoms with Crippen LogP contribution in [0, 0.1) is 18.3 Å². The highest BCUT2D eigenvalue weighted by Gasteiger charge is 2.41. The van der Waals surface area contributed by atoms with Gasteiger partial charge in [0.1, 0.15) is 18.4 Å². The number of esters is 1. The quantitative estimate of drug-likeness (QED) is 0.0847. The normalized spacial score (nSPS) is 18.3. The van der Waals surface area contributed by atoms with Crippen LogP contribution in [-0.2, 0) is 18.5 Å². The van der Waals surface area contributed by atoms with Crippen molar-refractivity contribution in [3.8, 4) is 6.07 Å². The second kappa shape index (κ2) is 17.4. The van der Waals surface area contributed by atoms with E-state index in [1.165, 1.54) is 10.8 Å². The highest BCUT2D eigenvalue weighted by molar-refractivity contribution is 7.44. The maximum absolute atomic E-state index is 13.4. The molecule has 0 aliphatic carbocycles. The Morgan fingerprint density at radius 3 is 2.22 bits per heavy atom. The number of hydrogen-bond acceptors (Lipinski definition) is 12. The third kappa shape index (κ3) is 10.1.